The number of amides is 3. The van der Waals surface area contributed by atoms with Crippen molar-refractivity contribution in [3.05, 3.63) is 29.3 Å². The molecule has 0 fully saturated rings. The minimum atomic E-state index is -1.10. The number of rotatable bonds is 7. The van der Waals surface area contributed by atoms with Gasteiger partial charge in [-0.1, -0.05) is 11.6 Å². The first-order chi connectivity index (χ1) is 9.90. The SMILES string of the molecule is Cc1ccc(NC(=O)NCCCCC(N)=O)c(C(=O)O)c1. The minimum absolute atomic E-state index is 0.0406. The standard InChI is InChI=1S/C14H19N3O4/c1-9-5-6-11(10(8-9)13(19)20)17-14(21)16-7-3-2-4-12(15)18/h5-6,8H,2-4,7H2,1H3,(H2,15,18)(H,19,20)(H2,16,17,21). The molecule has 1 rings (SSSR count). The van der Waals surface area contributed by atoms with E-state index in [1.54, 1.807) is 19.1 Å². The van der Waals surface area contributed by atoms with Crippen LogP contribution in [-0.2, 0) is 4.79 Å². The first kappa shape index (κ1) is 16.5. The van der Waals surface area contributed by atoms with Gasteiger partial charge in [-0.3, -0.25) is 4.79 Å². The quantitative estimate of drug-likeness (QED) is 0.569. The summed E-state index contributed by atoms with van der Waals surface area (Å²) >= 11 is 0. The van der Waals surface area contributed by atoms with E-state index in [4.69, 9.17) is 10.8 Å². The van der Waals surface area contributed by atoms with E-state index >= 15 is 0 Å². The number of hydrogen-bond donors (Lipinski definition) is 4. The molecule has 7 heteroatoms. The second kappa shape index (κ2) is 7.88. The Labute approximate surface area is 122 Å². The second-order valence-corrected chi connectivity index (χ2v) is 4.66. The second-order valence-electron chi connectivity index (χ2n) is 4.66. The molecule has 1 aromatic rings. The molecule has 5 N–H and O–H groups in total. The van der Waals surface area contributed by atoms with Gasteiger partial charge in [0.1, 0.15) is 0 Å². The number of aryl methyl sites for hydroxylation is 1. The van der Waals surface area contributed by atoms with Crippen LogP contribution < -0.4 is 16.4 Å². The van der Waals surface area contributed by atoms with Gasteiger partial charge in [0.15, 0.2) is 0 Å². The molecule has 0 aliphatic rings. The van der Waals surface area contributed by atoms with Crippen LogP contribution in [0.5, 0.6) is 0 Å². The van der Waals surface area contributed by atoms with Gasteiger partial charge in [0.05, 0.1) is 11.3 Å². The number of carboxylic acids is 1. The number of primary amides is 1. The lowest BCUT2D eigenvalue weighted by molar-refractivity contribution is -0.118. The van der Waals surface area contributed by atoms with Gasteiger partial charge in [-0.2, -0.15) is 0 Å². The lowest BCUT2D eigenvalue weighted by Crippen LogP contribution is -2.30. The zero-order valence-corrected chi connectivity index (χ0v) is 11.8. The van der Waals surface area contributed by atoms with Crippen molar-refractivity contribution in [2.45, 2.75) is 26.2 Å². The number of benzene rings is 1. The fraction of sp³-hybridized carbons (Fsp3) is 0.357. The van der Waals surface area contributed by atoms with Crippen LogP contribution in [0.4, 0.5) is 10.5 Å². The van der Waals surface area contributed by atoms with Gasteiger partial charge in [-0.05, 0) is 31.9 Å². The van der Waals surface area contributed by atoms with Crippen LogP contribution in [0.3, 0.4) is 0 Å². The number of urea groups is 1. The Morgan fingerprint density at radius 1 is 1.24 bits per heavy atom. The van der Waals surface area contributed by atoms with Crippen molar-refractivity contribution in [2.75, 3.05) is 11.9 Å². The average molecular weight is 293 g/mol. The maximum absolute atomic E-state index is 11.7. The fourth-order valence-corrected chi connectivity index (χ4v) is 1.74. The monoisotopic (exact) mass is 293 g/mol. The summed E-state index contributed by atoms with van der Waals surface area (Å²) in [6.07, 6.45) is 1.50. The average Bonchev–Trinajstić information content (AvgIpc) is 2.39. The Bertz CT molecular complexity index is 543. The van der Waals surface area contributed by atoms with E-state index in [1.807, 2.05) is 0 Å². The summed E-state index contributed by atoms with van der Waals surface area (Å²) in [5, 5.41) is 14.2. The Morgan fingerprint density at radius 3 is 2.57 bits per heavy atom. The maximum Gasteiger partial charge on any atom is 0.337 e. The highest BCUT2D eigenvalue weighted by atomic mass is 16.4. The van der Waals surface area contributed by atoms with E-state index < -0.39 is 12.0 Å². The number of carboxylic acid groups (broad SMARTS) is 1. The van der Waals surface area contributed by atoms with Crippen LogP contribution in [0.1, 0.15) is 35.2 Å². The number of anilines is 1. The maximum atomic E-state index is 11.7. The van der Waals surface area contributed by atoms with Crippen molar-refractivity contribution in [1.82, 2.24) is 5.32 Å². The predicted molar refractivity (Wildman–Crippen MR) is 78.2 cm³/mol. The number of aromatic carboxylic acids is 1. The van der Waals surface area contributed by atoms with E-state index in [0.717, 1.165) is 5.56 Å². The van der Waals surface area contributed by atoms with E-state index in [2.05, 4.69) is 10.6 Å². The summed E-state index contributed by atoms with van der Waals surface area (Å²) in [4.78, 5) is 33.3. The highest BCUT2D eigenvalue weighted by Gasteiger charge is 2.12. The number of unbranched alkanes of at least 4 members (excludes halogenated alkanes) is 1. The van der Waals surface area contributed by atoms with Gasteiger partial charge >= 0.3 is 12.0 Å². The summed E-state index contributed by atoms with van der Waals surface area (Å²) in [5.41, 5.74) is 6.07. The predicted octanol–water partition coefficient (Wildman–Crippen LogP) is 1.47. The molecule has 0 bridgehead atoms. The third-order valence-electron chi connectivity index (χ3n) is 2.79. The normalized spacial score (nSPS) is 9.95. The van der Waals surface area contributed by atoms with Gasteiger partial charge in [0.25, 0.3) is 0 Å². The zero-order valence-electron chi connectivity index (χ0n) is 11.8. The topological polar surface area (TPSA) is 122 Å². The van der Waals surface area contributed by atoms with Crippen LogP contribution in [0.2, 0.25) is 0 Å². The zero-order chi connectivity index (χ0) is 15.8. The summed E-state index contributed by atoms with van der Waals surface area (Å²) in [7, 11) is 0. The Morgan fingerprint density at radius 2 is 1.95 bits per heavy atom. The van der Waals surface area contributed by atoms with Crippen LogP contribution in [-0.4, -0.2) is 29.6 Å². The molecule has 3 amide bonds. The number of nitrogens with two attached hydrogens (primary N) is 1. The Balaban J connectivity index is 2.48. The molecule has 21 heavy (non-hydrogen) atoms. The number of nitrogens with one attached hydrogen (secondary N) is 2. The number of carbonyl (C=O) groups is 3. The van der Waals surface area contributed by atoms with Crippen LogP contribution in [0.25, 0.3) is 0 Å². The van der Waals surface area contributed by atoms with E-state index in [9.17, 15) is 14.4 Å². The smallest absolute Gasteiger partial charge is 0.337 e. The molecule has 0 atom stereocenters. The lowest BCUT2D eigenvalue weighted by Gasteiger charge is -2.10. The van der Waals surface area contributed by atoms with Gasteiger partial charge in [-0.25, -0.2) is 9.59 Å². The molecule has 0 aromatic heterocycles. The molecule has 0 aliphatic carbocycles. The van der Waals surface area contributed by atoms with Crippen LogP contribution >= 0.6 is 0 Å². The molecule has 114 valence electrons. The van der Waals surface area contributed by atoms with Crippen molar-refractivity contribution in [2.24, 2.45) is 5.73 Å². The first-order valence-electron chi connectivity index (χ1n) is 6.57. The van der Waals surface area contributed by atoms with Crippen LogP contribution in [0.15, 0.2) is 18.2 Å². The molecule has 0 heterocycles. The van der Waals surface area contributed by atoms with Crippen molar-refractivity contribution >= 4 is 23.6 Å². The Hall–Kier alpha value is -2.57. The third kappa shape index (κ3) is 5.94. The highest BCUT2D eigenvalue weighted by Crippen LogP contribution is 2.17. The molecule has 1 aromatic carbocycles. The molecular formula is C14H19N3O4. The summed E-state index contributed by atoms with van der Waals surface area (Å²) in [5.74, 6) is -1.47. The summed E-state index contributed by atoms with van der Waals surface area (Å²) in [6.45, 7) is 2.16. The number of hydrogen-bond acceptors (Lipinski definition) is 3. The minimum Gasteiger partial charge on any atom is -0.478 e. The molecular weight excluding hydrogens is 274 g/mol. The lowest BCUT2D eigenvalue weighted by atomic mass is 10.1. The molecule has 0 radical (unpaired) electrons. The molecule has 0 aliphatic heterocycles. The van der Waals surface area contributed by atoms with E-state index in [1.165, 1.54) is 6.07 Å². The van der Waals surface area contributed by atoms with Crippen molar-refractivity contribution in [3.63, 3.8) is 0 Å². The molecule has 7 nitrogen and oxygen atoms in total. The highest BCUT2D eigenvalue weighted by molar-refractivity contribution is 6.00. The molecule has 0 saturated heterocycles. The molecule has 0 saturated carbocycles. The fourth-order valence-electron chi connectivity index (χ4n) is 1.74. The molecule has 0 unspecified atom stereocenters. The van der Waals surface area contributed by atoms with Gasteiger partial charge in [-0.15, -0.1) is 0 Å². The largest absolute Gasteiger partial charge is 0.478 e. The van der Waals surface area contributed by atoms with Crippen LogP contribution in [0, 0.1) is 6.92 Å². The number of carbonyl (C=O) groups excluding carboxylic acids is 2. The molecule has 0 spiro atoms. The van der Waals surface area contributed by atoms with Crippen molar-refractivity contribution in [3.8, 4) is 0 Å². The summed E-state index contributed by atoms with van der Waals surface area (Å²) < 4.78 is 0. The van der Waals surface area contributed by atoms with Gasteiger partial charge in [0.2, 0.25) is 5.91 Å². The van der Waals surface area contributed by atoms with Gasteiger partial charge < -0.3 is 21.5 Å². The first-order valence-corrected chi connectivity index (χ1v) is 6.57. The van der Waals surface area contributed by atoms with Crippen molar-refractivity contribution in [1.29, 1.82) is 0 Å². The van der Waals surface area contributed by atoms with E-state index in [0.29, 0.717) is 19.4 Å². The summed E-state index contributed by atoms with van der Waals surface area (Å²) in [6, 6.07) is 4.27. The van der Waals surface area contributed by atoms with E-state index in [-0.39, 0.29) is 23.6 Å². The van der Waals surface area contributed by atoms with Crippen molar-refractivity contribution < 1.29 is 19.5 Å². The Kier molecular flexibility index (Phi) is 6.19. The van der Waals surface area contributed by atoms with Gasteiger partial charge in [0, 0.05) is 13.0 Å². The third-order valence-corrected chi connectivity index (χ3v) is 2.79.